The van der Waals surface area contributed by atoms with E-state index in [1.165, 1.54) is 6.07 Å². The highest BCUT2D eigenvalue weighted by atomic mass is 16.4. The molecule has 0 aliphatic carbocycles. The second-order valence-electron chi connectivity index (χ2n) is 5.35. The van der Waals surface area contributed by atoms with Crippen LogP contribution in [0.1, 0.15) is 30.5 Å². The molecule has 0 radical (unpaired) electrons. The SMILES string of the molecule is Cc1ccc2c(CNC(=O)C(C)C)cc(=O)oc2c1C. The number of carbonyl (C=O) groups excluding carboxylic acids is 1. The topological polar surface area (TPSA) is 59.3 Å². The molecule has 0 aliphatic rings. The third kappa shape index (κ3) is 2.74. The molecule has 0 spiro atoms. The minimum Gasteiger partial charge on any atom is -0.422 e. The zero-order valence-corrected chi connectivity index (χ0v) is 12.2. The summed E-state index contributed by atoms with van der Waals surface area (Å²) in [5.74, 6) is -0.111. The van der Waals surface area contributed by atoms with Crippen molar-refractivity contribution >= 4 is 16.9 Å². The number of hydrogen-bond acceptors (Lipinski definition) is 3. The molecule has 106 valence electrons. The fourth-order valence-corrected chi connectivity index (χ4v) is 2.06. The predicted octanol–water partition coefficient (Wildman–Crippen LogP) is 2.68. The summed E-state index contributed by atoms with van der Waals surface area (Å²) in [6, 6.07) is 5.36. The maximum Gasteiger partial charge on any atom is 0.336 e. The molecule has 0 aliphatic heterocycles. The van der Waals surface area contributed by atoms with Crippen molar-refractivity contribution < 1.29 is 9.21 Å². The van der Waals surface area contributed by atoms with E-state index >= 15 is 0 Å². The van der Waals surface area contributed by atoms with Crippen molar-refractivity contribution in [3.63, 3.8) is 0 Å². The van der Waals surface area contributed by atoms with Gasteiger partial charge in [0, 0.05) is 23.9 Å². The molecule has 1 N–H and O–H groups in total. The van der Waals surface area contributed by atoms with Crippen LogP contribution in [0.3, 0.4) is 0 Å². The standard InChI is InChI=1S/C16H19NO3/c1-9(2)16(19)17-8-12-7-14(18)20-15-11(4)10(3)5-6-13(12)15/h5-7,9H,8H2,1-4H3,(H,17,19). The lowest BCUT2D eigenvalue weighted by molar-refractivity contribution is -0.124. The number of aryl methyl sites for hydroxylation is 2. The third-order valence-electron chi connectivity index (χ3n) is 3.49. The molecule has 2 aromatic rings. The van der Waals surface area contributed by atoms with Gasteiger partial charge in [-0.1, -0.05) is 26.0 Å². The van der Waals surface area contributed by atoms with E-state index in [0.29, 0.717) is 12.1 Å². The van der Waals surface area contributed by atoms with E-state index in [0.717, 1.165) is 22.1 Å². The lowest BCUT2D eigenvalue weighted by Crippen LogP contribution is -2.27. The Balaban J connectivity index is 2.46. The summed E-state index contributed by atoms with van der Waals surface area (Å²) in [7, 11) is 0. The van der Waals surface area contributed by atoms with Gasteiger partial charge in [-0.15, -0.1) is 0 Å². The highest BCUT2D eigenvalue weighted by Crippen LogP contribution is 2.23. The van der Waals surface area contributed by atoms with Crippen LogP contribution in [0.15, 0.2) is 27.4 Å². The summed E-state index contributed by atoms with van der Waals surface area (Å²) in [6.45, 7) is 7.90. The predicted molar refractivity (Wildman–Crippen MR) is 78.6 cm³/mol. The summed E-state index contributed by atoms with van der Waals surface area (Å²) in [6.07, 6.45) is 0. The summed E-state index contributed by atoms with van der Waals surface area (Å²) in [4.78, 5) is 23.3. The molecule has 2 rings (SSSR count). The Labute approximate surface area is 117 Å². The lowest BCUT2D eigenvalue weighted by atomic mass is 10.0. The zero-order valence-electron chi connectivity index (χ0n) is 12.2. The molecule has 1 amide bonds. The molecule has 0 fully saturated rings. The van der Waals surface area contributed by atoms with Crippen molar-refractivity contribution in [1.29, 1.82) is 0 Å². The van der Waals surface area contributed by atoms with Crippen molar-refractivity contribution in [2.75, 3.05) is 0 Å². The average Bonchev–Trinajstić information content (AvgIpc) is 2.40. The number of carbonyl (C=O) groups is 1. The van der Waals surface area contributed by atoms with Crippen LogP contribution in [-0.2, 0) is 11.3 Å². The molecule has 1 aromatic carbocycles. The van der Waals surface area contributed by atoms with Crippen molar-refractivity contribution in [1.82, 2.24) is 5.32 Å². The molecule has 0 bridgehead atoms. The van der Waals surface area contributed by atoms with Crippen molar-refractivity contribution in [2.45, 2.75) is 34.2 Å². The Kier molecular flexibility index (Phi) is 3.93. The van der Waals surface area contributed by atoms with E-state index < -0.39 is 0 Å². The minimum atomic E-state index is -0.389. The number of hydrogen-bond donors (Lipinski definition) is 1. The number of nitrogens with one attached hydrogen (secondary N) is 1. The first-order chi connectivity index (χ1) is 9.40. The van der Waals surface area contributed by atoms with Gasteiger partial charge in [-0.2, -0.15) is 0 Å². The maximum absolute atomic E-state index is 11.7. The van der Waals surface area contributed by atoms with Gasteiger partial charge in [0.2, 0.25) is 5.91 Å². The van der Waals surface area contributed by atoms with E-state index in [1.807, 2.05) is 39.8 Å². The molecule has 0 saturated carbocycles. The normalized spacial score (nSPS) is 11.1. The average molecular weight is 273 g/mol. The smallest absolute Gasteiger partial charge is 0.336 e. The van der Waals surface area contributed by atoms with Gasteiger partial charge in [0.1, 0.15) is 5.58 Å². The summed E-state index contributed by atoms with van der Waals surface area (Å²) in [5, 5.41) is 3.70. The Hall–Kier alpha value is -2.10. The van der Waals surface area contributed by atoms with Gasteiger partial charge >= 0.3 is 5.63 Å². The van der Waals surface area contributed by atoms with Gasteiger partial charge in [0.25, 0.3) is 0 Å². The number of fused-ring (bicyclic) bond motifs is 1. The van der Waals surface area contributed by atoms with Gasteiger partial charge < -0.3 is 9.73 Å². The van der Waals surface area contributed by atoms with Gasteiger partial charge in [-0.05, 0) is 30.5 Å². The molecular formula is C16H19NO3. The van der Waals surface area contributed by atoms with E-state index in [1.54, 1.807) is 0 Å². The van der Waals surface area contributed by atoms with Crippen LogP contribution >= 0.6 is 0 Å². The molecule has 1 heterocycles. The fraction of sp³-hybridized carbons (Fsp3) is 0.375. The maximum atomic E-state index is 11.7. The summed E-state index contributed by atoms with van der Waals surface area (Å²) < 4.78 is 5.30. The molecular weight excluding hydrogens is 254 g/mol. The number of rotatable bonds is 3. The number of benzene rings is 1. The molecule has 0 atom stereocenters. The van der Waals surface area contributed by atoms with Gasteiger partial charge in [0.05, 0.1) is 0 Å². The first kappa shape index (κ1) is 14.3. The van der Waals surface area contributed by atoms with E-state index in [4.69, 9.17) is 4.42 Å². The Morgan fingerprint density at radius 3 is 2.65 bits per heavy atom. The third-order valence-corrected chi connectivity index (χ3v) is 3.49. The van der Waals surface area contributed by atoms with E-state index in [-0.39, 0.29) is 17.5 Å². The Morgan fingerprint density at radius 2 is 2.00 bits per heavy atom. The van der Waals surface area contributed by atoms with Crippen LogP contribution in [0.5, 0.6) is 0 Å². The molecule has 4 heteroatoms. The summed E-state index contributed by atoms with van der Waals surface area (Å²) >= 11 is 0. The highest BCUT2D eigenvalue weighted by Gasteiger charge is 2.11. The van der Waals surface area contributed by atoms with Crippen LogP contribution in [0.2, 0.25) is 0 Å². The first-order valence-corrected chi connectivity index (χ1v) is 6.71. The number of amides is 1. The highest BCUT2D eigenvalue weighted by molar-refractivity contribution is 5.84. The van der Waals surface area contributed by atoms with Crippen LogP contribution in [0.4, 0.5) is 0 Å². The van der Waals surface area contributed by atoms with E-state index in [9.17, 15) is 9.59 Å². The van der Waals surface area contributed by atoms with Crippen molar-refractivity contribution in [3.8, 4) is 0 Å². The molecule has 0 unspecified atom stereocenters. The van der Waals surface area contributed by atoms with Crippen LogP contribution in [-0.4, -0.2) is 5.91 Å². The van der Waals surface area contributed by atoms with Gasteiger partial charge in [-0.25, -0.2) is 4.79 Å². The largest absolute Gasteiger partial charge is 0.422 e. The molecule has 20 heavy (non-hydrogen) atoms. The molecule has 1 aromatic heterocycles. The van der Waals surface area contributed by atoms with Crippen LogP contribution < -0.4 is 10.9 Å². The molecule has 4 nitrogen and oxygen atoms in total. The second kappa shape index (κ2) is 5.49. The quantitative estimate of drug-likeness (QED) is 0.875. The van der Waals surface area contributed by atoms with Crippen molar-refractivity contribution in [3.05, 3.63) is 45.3 Å². The lowest BCUT2D eigenvalue weighted by Gasteiger charge is -2.11. The Bertz CT molecular complexity index is 713. The second-order valence-corrected chi connectivity index (χ2v) is 5.35. The monoisotopic (exact) mass is 273 g/mol. The fourth-order valence-electron chi connectivity index (χ4n) is 2.06. The summed E-state index contributed by atoms with van der Waals surface area (Å²) in [5.41, 5.74) is 3.03. The van der Waals surface area contributed by atoms with Gasteiger partial charge in [-0.3, -0.25) is 4.79 Å². The van der Waals surface area contributed by atoms with E-state index in [2.05, 4.69) is 5.32 Å². The first-order valence-electron chi connectivity index (χ1n) is 6.71. The Morgan fingerprint density at radius 1 is 1.30 bits per heavy atom. The zero-order chi connectivity index (χ0) is 14.9. The van der Waals surface area contributed by atoms with Crippen molar-refractivity contribution in [2.24, 2.45) is 5.92 Å². The molecule has 0 saturated heterocycles. The minimum absolute atomic E-state index is 0.0322. The van der Waals surface area contributed by atoms with Gasteiger partial charge in [0.15, 0.2) is 0 Å². The van der Waals surface area contributed by atoms with Crippen LogP contribution in [0, 0.1) is 19.8 Å². The van der Waals surface area contributed by atoms with Crippen LogP contribution in [0.25, 0.3) is 11.0 Å².